The number of fused-ring (bicyclic) bond motifs is 1. The van der Waals surface area contributed by atoms with Crippen LogP contribution in [0.15, 0.2) is 4.52 Å². The summed E-state index contributed by atoms with van der Waals surface area (Å²) in [5.74, 6) is 1.74. The van der Waals surface area contributed by atoms with Gasteiger partial charge in [0, 0.05) is 24.6 Å². The van der Waals surface area contributed by atoms with Gasteiger partial charge in [-0.3, -0.25) is 0 Å². The maximum Gasteiger partial charge on any atom is 0.144 e. The molecule has 2 atom stereocenters. The van der Waals surface area contributed by atoms with E-state index in [1.807, 2.05) is 0 Å². The lowest BCUT2D eigenvalue weighted by Gasteiger charge is -2.39. The highest BCUT2D eigenvalue weighted by Crippen LogP contribution is 2.38. The zero-order chi connectivity index (χ0) is 14.2. The van der Waals surface area contributed by atoms with Crippen LogP contribution in [0.5, 0.6) is 0 Å². The largest absolute Gasteiger partial charge is 0.376 e. The van der Waals surface area contributed by atoms with Crippen molar-refractivity contribution in [1.82, 2.24) is 10.5 Å². The molecule has 0 aromatic carbocycles. The molecule has 4 nitrogen and oxygen atoms in total. The second-order valence-electron chi connectivity index (χ2n) is 7.21. The Hall–Kier alpha value is -0.870. The first-order valence-corrected chi connectivity index (χ1v) is 7.82. The van der Waals surface area contributed by atoms with Gasteiger partial charge < -0.3 is 14.6 Å². The molecule has 1 N–H and O–H groups in total. The standard InChI is InChI=1S/C16H26N2O2/c1-11-8-16(2,3)6-4-13(11)17-9-14-12-10-19-7-5-15(12)20-18-14/h11,13,17H,4-10H2,1-3H3. The van der Waals surface area contributed by atoms with E-state index in [9.17, 15) is 0 Å². The van der Waals surface area contributed by atoms with Crippen LogP contribution in [-0.2, 0) is 24.3 Å². The fourth-order valence-corrected chi connectivity index (χ4v) is 3.70. The molecule has 112 valence electrons. The van der Waals surface area contributed by atoms with Gasteiger partial charge in [-0.1, -0.05) is 25.9 Å². The van der Waals surface area contributed by atoms with Crippen LogP contribution in [0.1, 0.15) is 57.1 Å². The molecule has 2 aliphatic rings. The van der Waals surface area contributed by atoms with E-state index >= 15 is 0 Å². The average Bonchev–Trinajstić information content (AvgIpc) is 2.80. The summed E-state index contributed by atoms with van der Waals surface area (Å²) in [4.78, 5) is 0. The van der Waals surface area contributed by atoms with E-state index in [0.717, 1.165) is 36.9 Å². The molecule has 3 rings (SSSR count). The zero-order valence-corrected chi connectivity index (χ0v) is 12.9. The molecule has 1 saturated carbocycles. The van der Waals surface area contributed by atoms with E-state index in [4.69, 9.17) is 9.26 Å². The van der Waals surface area contributed by atoms with Gasteiger partial charge in [0.25, 0.3) is 0 Å². The van der Waals surface area contributed by atoms with Crippen LogP contribution in [0, 0.1) is 11.3 Å². The number of hydrogen-bond donors (Lipinski definition) is 1. The van der Waals surface area contributed by atoms with E-state index in [-0.39, 0.29) is 0 Å². The molecule has 20 heavy (non-hydrogen) atoms. The molecule has 1 aromatic heterocycles. The van der Waals surface area contributed by atoms with Crippen molar-refractivity contribution in [2.45, 2.75) is 65.6 Å². The van der Waals surface area contributed by atoms with Crippen LogP contribution < -0.4 is 5.32 Å². The number of nitrogens with zero attached hydrogens (tertiary/aromatic N) is 1. The summed E-state index contributed by atoms with van der Waals surface area (Å²) in [6.45, 7) is 9.33. The fraction of sp³-hybridized carbons (Fsp3) is 0.812. The second kappa shape index (κ2) is 5.49. The lowest BCUT2D eigenvalue weighted by Crippen LogP contribution is -2.41. The Labute approximate surface area is 121 Å². The lowest BCUT2D eigenvalue weighted by molar-refractivity contribution is 0.102. The molecule has 2 heterocycles. The third kappa shape index (κ3) is 2.91. The van der Waals surface area contributed by atoms with Crippen molar-refractivity contribution in [3.63, 3.8) is 0 Å². The van der Waals surface area contributed by atoms with Gasteiger partial charge >= 0.3 is 0 Å². The number of ether oxygens (including phenoxy) is 1. The third-order valence-electron chi connectivity index (χ3n) is 4.90. The molecule has 1 aromatic rings. The van der Waals surface area contributed by atoms with E-state index in [1.165, 1.54) is 24.8 Å². The molecule has 0 amide bonds. The maximum atomic E-state index is 5.51. The quantitative estimate of drug-likeness (QED) is 0.923. The molecular weight excluding hydrogens is 252 g/mol. The Morgan fingerprint density at radius 2 is 2.25 bits per heavy atom. The monoisotopic (exact) mass is 278 g/mol. The normalized spacial score (nSPS) is 29.1. The predicted molar refractivity (Wildman–Crippen MR) is 77.3 cm³/mol. The lowest BCUT2D eigenvalue weighted by atomic mass is 9.70. The van der Waals surface area contributed by atoms with Crippen LogP contribution >= 0.6 is 0 Å². The number of nitrogens with one attached hydrogen (secondary N) is 1. The molecule has 1 aliphatic heterocycles. The molecule has 1 fully saturated rings. The number of aromatic nitrogens is 1. The summed E-state index contributed by atoms with van der Waals surface area (Å²) in [6, 6.07) is 0.597. The van der Waals surface area contributed by atoms with Crippen molar-refractivity contribution in [2.75, 3.05) is 6.61 Å². The molecule has 1 aliphatic carbocycles. The Bertz CT molecular complexity index is 467. The van der Waals surface area contributed by atoms with Gasteiger partial charge in [-0.2, -0.15) is 0 Å². The van der Waals surface area contributed by atoms with Gasteiger partial charge in [0.1, 0.15) is 11.5 Å². The highest BCUT2D eigenvalue weighted by molar-refractivity contribution is 5.23. The summed E-state index contributed by atoms with van der Waals surface area (Å²) in [7, 11) is 0. The minimum absolute atomic E-state index is 0.499. The van der Waals surface area contributed by atoms with Gasteiger partial charge in [0.05, 0.1) is 13.2 Å². The number of rotatable bonds is 3. The second-order valence-corrected chi connectivity index (χ2v) is 7.21. The maximum absolute atomic E-state index is 5.51. The first-order chi connectivity index (χ1) is 9.55. The Kier molecular flexibility index (Phi) is 3.87. The zero-order valence-electron chi connectivity index (χ0n) is 12.9. The predicted octanol–water partition coefficient (Wildman–Crippen LogP) is 3.05. The Morgan fingerprint density at radius 1 is 1.40 bits per heavy atom. The topological polar surface area (TPSA) is 47.3 Å². The fourth-order valence-electron chi connectivity index (χ4n) is 3.70. The summed E-state index contributed by atoms with van der Waals surface area (Å²) in [6.07, 6.45) is 4.71. The third-order valence-corrected chi connectivity index (χ3v) is 4.90. The summed E-state index contributed by atoms with van der Waals surface area (Å²) >= 11 is 0. The minimum atomic E-state index is 0.499. The molecule has 0 bridgehead atoms. The van der Waals surface area contributed by atoms with Gasteiger partial charge in [0.15, 0.2) is 0 Å². The van der Waals surface area contributed by atoms with Crippen molar-refractivity contribution in [3.8, 4) is 0 Å². The summed E-state index contributed by atoms with van der Waals surface area (Å²) in [5.41, 5.74) is 2.71. The number of hydrogen-bond acceptors (Lipinski definition) is 4. The highest BCUT2D eigenvalue weighted by atomic mass is 16.5. The Balaban J connectivity index is 1.59. The van der Waals surface area contributed by atoms with Crippen molar-refractivity contribution >= 4 is 0 Å². The van der Waals surface area contributed by atoms with Crippen LogP contribution in [0.2, 0.25) is 0 Å². The van der Waals surface area contributed by atoms with Crippen LogP contribution in [0.3, 0.4) is 0 Å². The van der Waals surface area contributed by atoms with Crippen LogP contribution in [0.4, 0.5) is 0 Å². The Morgan fingerprint density at radius 3 is 3.05 bits per heavy atom. The van der Waals surface area contributed by atoms with Gasteiger partial charge in [-0.05, 0) is 30.6 Å². The van der Waals surface area contributed by atoms with E-state index in [1.54, 1.807) is 0 Å². The molecule has 0 radical (unpaired) electrons. The van der Waals surface area contributed by atoms with E-state index in [2.05, 4.69) is 31.2 Å². The summed E-state index contributed by atoms with van der Waals surface area (Å²) < 4.78 is 10.9. The van der Waals surface area contributed by atoms with Crippen LogP contribution in [0.25, 0.3) is 0 Å². The van der Waals surface area contributed by atoms with Crippen molar-refractivity contribution in [2.24, 2.45) is 11.3 Å². The molecule has 2 unspecified atom stereocenters. The first kappa shape index (κ1) is 14.1. The molecular formula is C16H26N2O2. The van der Waals surface area contributed by atoms with Gasteiger partial charge in [0.2, 0.25) is 0 Å². The van der Waals surface area contributed by atoms with Crippen molar-refractivity contribution < 1.29 is 9.26 Å². The first-order valence-electron chi connectivity index (χ1n) is 7.82. The van der Waals surface area contributed by atoms with Gasteiger partial charge in [-0.25, -0.2) is 0 Å². The smallest absolute Gasteiger partial charge is 0.144 e. The minimum Gasteiger partial charge on any atom is -0.376 e. The van der Waals surface area contributed by atoms with E-state index < -0.39 is 0 Å². The van der Waals surface area contributed by atoms with Crippen molar-refractivity contribution in [1.29, 1.82) is 0 Å². The average molecular weight is 278 g/mol. The highest BCUT2D eigenvalue weighted by Gasteiger charge is 2.32. The van der Waals surface area contributed by atoms with Crippen molar-refractivity contribution in [3.05, 3.63) is 17.0 Å². The van der Waals surface area contributed by atoms with E-state index in [0.29, 0.717) is 18.1 Å². The SMILES string of the molecule is CC1CC(C)(C)CCC1NCc1noc2c1COCC2. The summed E-state index contributed by atoms with van der Waals surface area (Å²) in [5, 5.41) is 7.90. The molecule has 0 saturated heterocycles. The van der Waals surface area contributed by atoms with Crippen LogP contribution in [-0.4, -0.2) is 17.8 Å². The molecule has 4 heteroatoms. The molecule has 0 spiro atoms. The van der Waals surface area contributed by atoms with Gasteiger partial charge in [-0.15, -0.1) is 0 Å².